The lowest BCUT2D eigenvalue weighted by molar-refractivity contribution is -0.137. The molecule has 0 aliphatic carbocycles. The fourth-order valence-corrected chi connectivity index (χ4v) is 0.720. The zero-order valence-electron chi connectivity index (χ0n) is 9.21. The molecule has 0 spiro atoms. The maximum absolute atomic E-state index is 5.20. The van der Waals surface area contributed by atoms with Gasteiger partial charge in [0.2, 0.25) is 0 Å². The molecule has 3 heteroatoms. The molecule has 0 radical (unpaired) electrons. The molecule has 0 rings (SSSR count). The largest absolute Gasteiger partial charge is 0.355 e. The third kappa shape index (κ3) is 11.9. The number of ether oxygens (including phenoxy) is 3. The van der Waals surface area contributed by atoms with E-state index in [1.165, 1.54) is 0 Å². The van der Waals surface area contributed by atoms with E-state index >= 15 is 0 Å². The molecule has 0 saturated heterocycles. The Hall–Kier alpha value is -0.120. The van der Waals surface area contributed by atoms with E-state index in [9.17, 15) is 0 Å². The molecule has 80 valence electrons. The highest BCUT2D eigenvalue weighted by Crippen LogP contribution is 1.94. The van der Waals surface area contributed by atoms with Crippen LogP contribution in [0.1, 0.15) is 27.7 Å². The van der Waals surface area contributed by atoms with Gasteiger partial charge in [0, 0.05) is 0 Å². The maximum atomic E-state index is 5.20. The molecule has 0 aliphatic heterocycles. The third-order valence-electron chi connectivity index (χ3n) is 1.24. The maximum Gasteiger partial charge on any atom is 0.149 e. The second-order valence-corrected chi connectivity index (χ2v) is 3.97. The smallest absolute Gasteiger partial charge is 0.149 e. The van der Waals surface area contributed by atoms with E-state index in [2.05, 4.69) is 27.7 Å². The lowest BCUT2D eigenvalue weighted by Crippen LogP contribution is -2.10. The van der Waals surface area contributed by atoms with E-state index in [1.807, 2.05) is 0 Å². The summed E-state index contributed by atoms with van der Waals surface area (Å²) in [7, 11) is 0. The summed E-state index contributed by atoms with van der Waals surface area (Å²) < 4.78 is 15.5. The molecule has 0 fully saturated rings. The van der Waals surface area contributed by atoms with Gasteiger partial charge in [0.25, 0.3) is 0 Å². The fraction of sp³-hybridized carbons (Fsp3) is 1.00. The van der Waals surface area contributed by atoms with E-state index in [0.717, 1.165) is 13.2 Å². The summed E-state index contributed by atoms with van der Waals surface area (Å²) in [6, 6.07) is 0. The number of rotatable bonds is 8. The summed E-state index contributed by atoms with van der Waals surface area (Å²) in [5, 5.41) is 0. The molecule has 0 N–H and O–H groups in total. The number of hydrogen-bond donors (Lipinski definition) is 0. The van der Waals surface area contributed by atoms with Gasteiger partial charge in [-0.3, -0.25) is 0 Å². The molecule has 0 aromatic carbocycles. The summed E-state index contributed by atoms with van der Waals surface area (Å²) in [6.45, 7) is 10.6. The Kier molecular flexibility index (Phi) is 8.40. The van der Waals surface area contributed by atoms with Crippen molar-refractivity contribution in [2.45, 2.75) is 27.7 Å². The molecule has 0 saturated carbocycles. The minimum absolute atomic E-state index is 0.330. The van der Waals surface area contributed by atoms with Gasteiger partial charge >= 0.3 is 0 Å². The summed E-state index contributed by atoms with van der Waals surface area (Å²) >= 11 is 0. The monoisotopic (exact) mass is 190 g/mol. The second kappa shape index (κ2) is 8.48. The first kappa shape index (κ1) is 12.9. The molecule has 3 nitrogen and oxygen atoms in total. The Morgan fingerprint density at radius 3 is 1.38 bits per heavy atom. The van der Waals surface area contributed by atoms with Crippen molar-refractivity contribution >= 4 is 0 Å². The molecular weight excluding hydrogens is 168 g/mol. The van der Waals surface area contributed by atoms with Crippen molar-refractivity contribution in [1.29, 1.82) is 0 Å². The van der Waals surface area contributed by atoms with Gasteiger partial charge in [0.1, 0.15) is 13.6 Å². The van der Waals surface area contributed by atoms with E-state index < -0.39 is 0 Å². The highest BCUT2D eigenvalue weighted by Gasteiger charge is 1.95. The van der Waals surface area contributed by atoms with Crippen LogP contribution in [-0.2, 0) is 14.2 Å². The lowest BCUT2D eigenvalue weighted by Gasteiger charge is -2.09. The minimum atomic E-state index is 0.330. The molecule has 0 bridgehead atoms. The van der Waals surface area contributed by atoms with Crippen molar-refractivity contribution in [1.82, 2.24) is 0 Å². The Bertz CT molecular complexity index is 90.3. The minimum Gasteiger partial charge on any atom is -0.355 e. The van der Waals surface area contributed by atoms with Crippen LogP contribution < -0.4 is 0 Å². The Labute approximate surface area is 81.4 Å². The first-order valence-electron chi connectivity index (χ1n) is 4.86. The summed E-state index contributed by atoms with van der Waals surface area (Å²) in [6.07, 6.45) is 0. The van der Waals surface area contributed by atoms with E-state index in [4.69, 9.17) is 14.2 Å². The van der Waals surface area contributed by atoms with E-state index in [-0.39, 0.29) is 0 Å². The fourth-order valence-electron chi connectivity index (χ4n) is 0.720. The van der Waals surface area contributed by atoms with Crippen LogP contribution in [0.15, 0.2) is 0 Å². The van der Waals surface area contributed by atoms with Crippen molar-refractivity contribution in [3.63, 3.8) is 0 Å². The molecule has 0 atom stereocenters. The van der Waals surface area contributed by atoms with Crippen LogP contribution in [0.4, 0.5) is 0 Å². The topological polar surface area (TPSA) is 27.7 Å². The van der Waals surface area contributed by atoms with Crippen molar-refractivity contribution in [2.24, 2.45) is 11.8 Å². The molecule has 0 aromatic rings. The average molecular weight is 190 g/mol. The normalized spacial score (nSPS) is 11.5. The molecule has 0 aromatic heterocycles. The predicted octanol–water partition coefficient (Wildman–Crippen LogP) is 2.26. The van der Waals surface area contributed by atoms with Gasteiger partial charge in [-0.2, -0.15) is 0 Å². The SMILES string of the molecule is CC(C)COCOCOCC(C)C. The van der Waals surface area contributed by atoms with Crippen LogP contribution in [0.2, 0.25) is 0 Å². The van der Waals surface area contributed by atoms with Gasteiger partial charge in [-0.05, 0) is 11.8 Å². The average Bonchev–Trinajstić information content (AvgIpc) is 2.01. The molecule has 13 heavy (non-hydrogen) atoms. The van der Waals surface area contributed by atoms with E-state index in [1.54, 1.807) is 0 Å². The standard InChI is InChI=1S/C10H22O3/c1-9(2)5-11-7-13-8-12-6-10(3)4/h9-10H,5-8H2,1-4H3. The van der Waals surface area contributed by atoms with Crippen molar-refractivity contribution < 1.29 is 14.2 Å². The molecule has 0 amide bonds. The third-order valence-corrected chi connectivity index (χ3v) is 1.24. The second-order valence-electron chi connectivity index (χ2n) is 3.97. The van der Waals surface area contributed by atoms with Crippen LogP contribution in [0.5, 0.6) is 0 Å². The van der Waals surface area contributed by atoms with Gasteiger partial charge in [0.05, 0.1) is 13.2 Å². The van der Waals surface area contributed by atoms with Crippen LogP contribution in [0, 0.1) is 11.8 Å². The van der Waals surface area contributed by atoms with Gasteiger partial charge in [-0.1, -0.05) is 27.7 Å². The van der Waals surface area contributed by atoms with Gasteiger partial charge in [-0.25, -0.2) is 0 Å². The Balaban J connectivity index is 2.92. The quantitative estimate of drug-likeness (QED) is 0.434. The van der Waals surface area contributed by atoms with Gasteiger partial charge in [-0.15, -0.1) is 0 Å². The zero-order chi connectivity index (χ0) is 10.1. The first-order chi connectivity index (χ1) is 6.13. The zero-order valence-corrected chi connectivity index (χ0v) is 9.21. The van der Waals surface area contributed by atoms with Crippen LogP contribution in [0.3, 0.4) is 0 Å². The number of hydrogen-bond acceptors (Lipinski definition) is 3. The van der Waals surface area contributed by atoms with Crippen LogP contribution >= 0.6 is 0 Å². The summed E-state index contributed by atoms with van der Waals surface area (Å²) in [4.78, 5) is 0. The van der Waals surface area contributed by atoms with Crippen LogP contribution in [-0.4, -0.2) is 26.8 Å². The highest BCUT2D eigenvalue weighted by molar-refractivity contribution is 4.37. The summed E-state index contributed by atoms with van der Waals surface area (Å²) in [5.41, 5.74) is 0. The molecule has 0 unspecified atom stereocenters. The predicted molar refractivity (Wildman–Crippen MR) is 52.4 cm³/mol. The van der Waals surface area contributed by atoms with Crippen molar-refractivity contribution in [3.8, 4) is 0 Å². The van der Waals surface area contributed by atoms with Gasteiger partial charge < -0.3 is 14.2 Å². The molecule has 0 heterocycles. The highest BCUT2D eigenvalue weighted by atomic mass is 16.7. The van der Waals surface area contributed by atoms with Gasteiger partial charge in [0.15, 0.2) is 0 Å². The lowest BCUT2D eigenvalue weighted by atomic mass is 10.2. The Morgan fingerprint density at radius 1 is 0.692 bits per heavy atom. The van der Waals surface area contributed by atoms with E-state index in [0.29, 0.717) is 25.4 Å². The van der Waals surface area contributed by atoms with Crippen molar-refractivity contribution in [2.75, 3.05) is 26.8 Å². The van der Waals surface area contributed by atoms with Crippen molar-refractivity contribution in [3.05, 3.63) is 0 Å². The van der Waals surface area contributed by atoms with Crippen LogP contribution in [0.25, 0.3) is 0 Å². The Morgan fingerprint density at radius 2 is 1.08 bits per heavy atom. The summed E-state index contributed by atoms with van der Waals surface area (Å²) in [5.74, 6) is 1.11. The first-order valence-corrected chi connectivity index (χ1v) is 4.86. The molecule has 0 aliphatic rings. The molecular formula is C10H22O3.